The molecule has 2 rings (SSSR count). The number of benzene rings is 2. The van der Waals surface area contributed by atoms with Crippen LogP contribution in [0.25, 0.3) is 6.08 Å². The van der Waals surface area contributed by atoms with E-state index in [1.54, 1.807) is 49.6 Å². The third kappa shape index (κ3) is 4.84. The van der Waals surface area contributed by atoms with Gasteiger partial charge < -0.3 is 18.9 Å². The monoisotopic (exact) mass is 342 g/mol. The van der Waals surface area contributed by atoms with Crippen LogP contribution in [0.5, 0.6) is 17.2 Å². The largest absolute Gasteiger partial charge is 0.497 e. The Kier molecular flexibility index (Phi) is 6.17. The Balaban J connectivity index is 2.12. The zero-order valence-corrected chi connectivity index (χ0v) is 14.1. The number of esters is 2. The van der Waals surface area contributed by atoms with Crippen molar-refractivity contribution in [2.24, 2.45) is 0 Å². The van der Waals surface area contributed by atoms with Gasteiger partial charge in [0.25, 0.3) is 0 Å². The summed E-state index contributed by atoms with van der Waals surface area (Å²) in [4.78, 5) is 23.5. The molecule has 2 aromatic rings. The average molecular weight is 342 g/mol. The van der Waals surface area contributed by atoms with Crippen LogP contribution in [0, 0.1) is 0 Å². The van der Waals surface area contributed by atoms with Crippen molar-refractivity contribution in [1.29, 1.82) is 0 Å². The first-order valence-electron chi connectivity index (χ1n) is 7.37. The molecule has 0 saturated carbocycles. The molecule has 0 fully saturated rings. The van der Waals surface area contributed by atoms with Crippen molar-refractivity contribution in [3.05, 3.63) is 59.7 Å². The van der Waals surface area contributed by atoms with Crippen LogP contribution in [0.3, 0.4) is 0 Å². The van der Waals surface area contributed by atoms with Crippen molar-refractivity contribution < 1.29 is 28.5 Å². The third-order valence-corrected chi connectivity index (χ3v) is 3.31. The molecule has 0 N–H and O–H groups in total. The van der Waals surface area contributed by atoms with Crippen molar-refractivity contribution >= 4 is 18.0 Å². The van der Waals surface area contributed by atoms with E-state index in [0.29, 0.717) is 22.6 Å². The lowest BCUT2D eigenvalue weighted by Gasteiger charge is -2.07. The predicted molar refractivity (Wildman–Crippen MR) is 92.0 cm³/mol. The fourth-order valence-electron chi connectivity index (χ4n) is 2.08. The van der Waals surface area contributed by atoms with Gasteiger partial charge in [-0.15, -0.1) is 0 Å². The van der Waals surface area contributed by atoms with Crippen molar-refractivity contribution in [3.63, 3.8) is 0 Å². The van der Waals surface area contributed by atoms with E-state index in [1.807, 2.05) is 0 Å². The first-order chi connectivity index (χ1) is 12.1. The fraction of sp³-hybridized carbons (Fsp3) is 0.158. The highest BCUT2D eigenvalue weighted by atomic mass is 16.5. The lowest BCUT2D eigenvalue weighted by Crippen LogP contribution is -2.06. The van der Waals surface area contributed by atoms with E-state index in [4.69, 9.17) is 14.2 Å². The van der Waals surface area contributed by atoms with Crippen LogP contribution in [-0.4, -0.2) is 33.3 Å². The van der Waals surface area contributed by atoms with E-state index in [1.165, 1.54) is 26.4 Å². The highest BCUT2D eigenvalue weighted by Gasteiger charge is 2.08. The average Bonchev–Trinajstić information content (AvgIpc) is 2.65. The number of methoxy groups -OCH3 is 3. The minimum Gasteiger partial charge on any atom is -0.497 e. The Hall–Kier alpha value is -3.28. The number of carbonyl (C=O) groups excluding carboxylic acids is 2. The summed E-state index contributed by atoms with van der Waals surface area (Å²) >= 11 is 0. The second-order valence-corrected chi connectivity index (χ2v) is 4.88. The molecule has 0 heterocycles. The van der Waals surface area contributed by atoms with Gasteiger partial charge in [0.15, 0.2) is 0 Å². The van der Waals surface area contributed by atoms with Gasteiger partial charge >= 0.3 is 11.9 Å². The molecular formula is C19H18O6. The summed E-state index contributed by atoms with van der Waals surface area (Å²) in [5.41, 5.74) is 0.966. The Bertz CT molecular complexity index is 794. The van der Waals surface area contributed by atoms with Gasteiger partial charge in [0, 0.05) is 11.6 Å². The molecule has 0 radical (unpaired) electrons. The lowest BCUT2D eigenvalue weighted by atomic mass is 10.1. The predicted octanol–water partition coefficient (Wildman–Crippen LogP) is 3.11. The highest BCUT2D eigenvalue weighted by molar-refractivity contribution is 5.91. The van der Waals surface area contributed by atoms with Gasteiger partial charge in [0.1, 0.15) is 17.2 Å². The summed E-state index contributed by atoms with van der Waals surface area (Å²) in [7, 11) is 4.37. The van der Waals surface area contributed by atoms with Gasteiger partial charge in [-0.25, -0.2) is 9.59 Å². The first kappa shape index (κ1) is 18.1. The molecular weight excluding hydrogens is 324 g/mol. The maximum atomic E-state index is 12.0. The summed E-state index contributed by atoms with van der Waals surface area (Å²) in [5.74, 6) is 0.383. The Morgan fingerprint density at radius 1 is 0.920 bits per heavy atom. The van der Waals surface area contributed by atoms with Gasteiger partial charge in [0.2, 0.25) is 0 Å². The third-order valence-electron chi connectivity index (χ3n) is 3.31. The van der Waals surface area contributed by atoms with E-state index in [0.717, 1.165) is 0 Å². The Morgan fingerprint density at radius 2 is 1.72 bits per heavy atom. The van der Waals surface area contributed by atoms with Gasteiger partial charge in [-0.1, -0.05) is 6.07 Å². The van der Waals surface area contributed by atoms with Crippen LogP contribution in [0.15, 0.2) is 48.5 Å². The Morgan fingerprint density at radius 3 is 2.40 bits per heavy atom. The van der Waals surface area contributed by atoms with Crippen molar-refractivity contribution in [2.45, 2.75) is 0 Å². The molecule has 0 aliphatic rings. The van der Waals surface area contributed by atoms with Gasteiger partial charge in [-0.05, 0) is 42.5 Å². The number of carbonyl (C=O) groups is 2. The maximum Gasteiger partial charge on any atom is 0.337 e. The second kappa shape index (κ2) is 8.54. The summed E-state index contributed by atoms with van der Waals surface area (Å²) in [6.45, 7) is 0. The standard InChI is InChI=1S/C19H18O6/c1-22-15-8-9-17(23-2)13(11-15)7-10-18(20)25-16-6-4-5-14(12-16)19(21)24-3/h4-12H,1-3H3/b10-7+. The fourth-order valence-corrected chi connectivity index (χ4v) is 2.08. The zero-order valence-electron chi connectivity index (χ0n) is 14.1. The highest BCUT2D eigenvalue weighted by Crippen LogP contribution is 2.25. The molecule has 0 unspecified atom stereocenters. The Labute approximate surface area is 145 Å². The molecule has 2 aromatic carbocycles. The molecule has 0 aliphatic carbocycles. The number of hydrogen-bond donors (Lipinski definition) is 0. The molecule has 0 aliphatic heterocycles. The topological polar surface area (TPSA) is 71.1 Å². The van der Waals surface area contributed by atoms with E-state index in [2.05, 4.69) is 4.74 Å². The molecule has 0 aromatic heterocycles. The second-order valence-electron chi connectivity index (χ2n) is 4.88. The molecule has 6 nitrogen and oxygen atoms in total. The number of hydrogen-bond acceptors (Lipinski definition) is 6. The van der Waals surface area contributed by atoms with Crippen LogP contribution in [0.2, 0.25) is 0 Å². The van der Waals surface area contributed by atoms with Crippen LogP contribution in [-0.2, 0) is 9.53 Å². The van der Waals surface area contributed by atoms with Crippen molar-refractivity contribution in [1.82, 2.24) is 0 Å². The molecule has 0 amide bonds. The lowest BCUT2D eigenvalue weighted by molar-refractivity contribution is -0.128. The maximum absolute atomic E-state index is 12.0. The number of ether oxygens (including phenoxy) is 4. The van der Waals surface area contributed by atoms with Gasteiger partial charge in [-0.3, -0.25) is 0 Å². The van der Waals surface area contributed by atoms with Crippen LogP contribution in [0.1, 0.15) is 15.9 Å². The van der Waals surface area contributed by atoms with Crippen LogP contribution >= 0.6 is 0 Å². The quantitative estimate of drug-likeness (QED) is 0.456. The van der Waals surface area contributed by atoms with E-state index < -0.39 is 11.9 Å². The number of rotatable bonds is 6. The zero-order chi connectivity index (χ0) is 18.2. The molecule has 0 atom stereocenters. The van der Waals surface area contributed by atoms with E-state index >= 15 is 0 Å². The summed E-state index contributed by atoms with van der Waals surface area (Å²) in [6.07, 6.45) is 2.83. The SMILES string of the molecule is COC(=O)c1cccc(OC(=O)/C=C/c2cc(OC)ccc2OC)c1. The minimum absolute atomic E-state index is 0.246. The summed E-state index contributed by atoms with van der Waals surface area (Å²) in [6, 6.07) is 11.4. The van der Waals surface area contributed by atoms with Crippen LogP contribution < -0.4 is 14.2 Å². The van der Waals surface area contributed by atoms with Crippen LogP contribution in [0.4, 0.5) is 0 Å². The molecule has 0 spiro atoms. The molecule has 25 heavy (non-hydrogen) atoms. The molecule has 0 bridgehead atoms. The normalized spacial score (nSPS) is 10.4. The summed E-state index contributed by atoms with van der Waals surface area (Å²) in [5, 5.41) is 0. The molecule has 0 saturated heterocycles. The smallest absolute Gasteiger partial charge is 0.337 e. The molecule has 6 heteroatoms. The first-order valence-corrected chi connectivity index (χ1v) is 7.37. The minimum atomic E-state index is -0.591. The van der Waals surface area contributed by atoms with Gasteiger partial charge in [0.05, 0.1) is 26.9 Å². The summed E-state index contributed by atoms with van der Waals surface area (Å²) < 4.78 is 20.2. The van der Waals surface area contributed by atoms with E-state index in [9.17, 15) is 9.59 Å². The molecule has 130 valence electrons. The van der Waals surface area contributed by atoms with E-state index in [-0.39, 0.29) is 5.75 Å². The van der Waals surface area contributed by atoms with Gasteiger partial charge in [-0.2, -0.15) is 0 Å². The van der Waals surface area contributed by atoms with Crippen molar-refractivity contribution in [3.8, 4) is 17.2 Å². The van der Waals surface area contributed by atoms with Crippen molar-refractivity contribution in [2.75, 3.05) is 21.3 Å².